The third kappa shape index (κ3) is 3.61. The molecule has 1 aromatic carbocycles. The van der Waals surface area contributed by atoms with Crippen LogP contribution in [-0.2, 0) is 12.8 Å². The van der Waals surface area contributed by atoms with Gasteiger partial charge in [0, 0.05) is 6.04 Å². The summed E-state index contributed by atoms with van der Waals surface area (Å²) >= 11 is 0. The summed E-state index contributed by atoms with van der Waals surface area (Å²) in [6.07, 6.45) is 1.54. The Morgan fingerprint density at radius 2 is 1.65 bits per heavy atom. The van der Waals surface area contributed by atoms with E-state index in [0.717, 1.165) is 35.5 Å². The number of nitrogens with two attached hydrogens (primary N) is 2. The van der Waals surface area contributed by atoms with Gasteiger partial charge in [0.25, 0.3) is 0 Å². The van der Waals surface area contributed by atoms with Gasteiger partial charge in [-0.25, -0.2) is 0 Å². The first-order chi connectivity index (χ1) is 8.12. The Labute approximate surface area is 103 Å². The van der Waals surface area contributed by atoms with Crippen molar-refractivity contribution in [2.75, 3.05) is 20.8 Å². The summed E-state index contributed by atoms with van der Waals surface area (Å²) in [7, 11) is 3.33. The fourth-order valence-corrected chi connectivity index (χ4v) is 1.88. The second kappa shape index (κ2) is 6.47. The summed E-state index contributed by atoms with van der Waals surface area (Å²) in [4.78, 5) is 0. The predicted molar refractivity (Wildman–Crippen MR) is 69.7 cm³/mol. The summed E-state index contributed by atoms with van der Waals surface area (Å²) in [5.41, 5.74) is 13.5. The van der Waals surface area contributed by atoms with Crippen molar-refractivity contribution >= 4 is 0 Å². The van der Waals surface area contributed by atoms with Crippen LogP contribution < -0.4 is 20.9 Å². The lowest BCUT2D eigenvalue weighted by molar-refractivity contribution is 0.394. The van der Waals surface area contributed by atoms with Crippen LogP contribution in [0, 0.1) is 0 Å². The van der Waals surface area contributed by atoms with Crippen molar-refractivity contribution in [3.63, 3.8) is 0 Å². The van der Waals surface area contributed by atoms with Crippen LogP contribution in [0.3, 0.4) is 0 Å². The molecule has 0 aromatic heterocycles. The third-order valence-corrected chi connectivity index (χ3v) is 2.64. The second-order valence-corrected chi connectivity index (χ2v) is 4.20. The minimum absolute atomic E-state index is 0.0916. The highest BCUT2D eigenvalue weighted by atomic mass is 16.5. The van der Waals surface area contributed by atoms with Gasteiger partial charge in [0.05, 0.1) is 14.2 Å². The lowest BCUT2D eigenvalue weighted by Crippen LogP contribution is -2.18. The molecule has 1 atom stereocenters. The second-order valence-electron chi connectivity index (χ2n) is 4.20. The fourth-order valence-electron chi connectivity index (χ4n) is 1.88. The monoisotopic (exact) mass is 238 g/mol. The number of ether oxygens (including phenoxy) is 2. The van der Waals surface area contributed by atoms with E-state index in [-0.39, 0.29) is 6.04 Å². The topological polar surface area (TPSA) is 70.5 Å². The third-order valence-electron chi connectivity index (χ3n) is 2.64. The average Bonchev–Trinajstić information content (AvgIpc) is 2.30. The molecule has 0 amide bonds. The zero-order valence-electron chi connectivity index (χ0n) is 10.8. The molecule has 0 radical (unpaired) electrons. The zero-order chi connectivity index (χ0) is 12.8. The molecule has 0 aliphatic rings. The van der Waals surface area contributed by atoms with Gasteiger partial charge in [-0.1, -0.05) is 0 Å². The van der Waals surface area contributed by atoms with Gasteiger partial charge in [0.2, 0.25) is 0 Å². The molecule has 17 heavy (non-hydrogen) atoms. The standard InChI is InChI=1S/C13H22N2O2/c1-9(15)6-11-8-12(16-2)10(4-5-14)7-13(11)17-3/h7-9H,4-6,14-15H2,1-3H3. The molecule has 1 rings (SSSR count). The Balaban J connectivity index is 3.12. The molecular formula is C13H22N2O2. The van der Waals surface area contributed by atoms with Gasteiger partial charge in [-0.05, 0) is 49.6 Å². The smallest absolute Gasteiger partial charge is 0.122 e. The van der Waals surface area contributed by atoms with Gasteiger partial charge in [-0.3, -0.25) is 0 Å². The van der Waals surface area contributed by atoms with E-state index in [0.29, 0.717) is 6.54 Å². The predicted octanol–water partition coefficient (Wildman–Crippen LogP) is 1.09. The number of methoxy groups -OCH3 is 2. The molecule has 0 aliphatic heterocycles. The van der Waals surface area contributed by atoms with Crippen LogP contribution in [0.2, 0.25) is 0 Å². The van der Waals surface area contributed by atoms with Gasteiger partial charge in [0.1, 0.15) is 11.5 Å². The van der Waals surface area contributed by atoms with Gasteiger partial charge in [-0.2, -0.15) is 0 Å². The van der Waals surface area contributed by atoms with Gasteiger partial charge >= 0.3 is 0 Å². The summed E-state index contributed by atoms with van der Waals surface area (Å²) < 4.78 is 10.7. The van der Waals surface area contributed by atoms with Crippen molar-refractivity contribution in [1.82, 2.24) is 0 Å². The molecule has 96 valence electrons. The first-order valence-corrected chi connectivity index (χ1v) is 5.81. The van der Waals surface area contributed by atoms with Crippen molar-refractivity contribution in [3.8, 4) is 11.5 Å². The lowest BCUT2D eigenvalue weighted by Gasteiger charge is -2.15. The quantitative estimate of drug-likeness (QED) is 0.778. The molecule has 0 saturated carbocycles. The Morgan fingerprint density at radius 3 is 2.12 bits per heavy atom. The maximum Gasteiger partial charge on any atom is 0.122 e. The van der Waals surface area contributed by atoms with E-state index in [2.05, 4.69) is 0 Å². The fraction of sp³-hybridized carbons (Fsp3) is 0.538. The minimum Gasteiger partial charge on any atom is -0.496 e. The van der Waals surface area contributed by atoms with Crippen LogP contribution in [0.5, 0.6) is 11.5 Å². The molecule has 4 N–H and O–H groups in total. The normalized spacial score (nSPS) is 12.3. The summed E-state index contributed by atoms with van der Waals surface area (Å²) in [5, 5.41) is 0. The van der Waals surface area contributed by atoms with Crippen LogP contribution in [0.15, 0.2) is 12.1 Å². The van der Waals surface area contributed by atoms with Crippen molar-refractivity contribution in [1.29, 1.82) is 0 Å². The minimum atomic E-state index is 0.0916. The van der Waals surface area contributed by atoms with Crippen LogP contribution in [0.4, 0.5) is 0 Å². The van der Waals surface area contributed by atoms with Crippen LogP contribution in [0.25, 0.3) is 0 Å². The number of hydrogen-bond donors (Lipinski definition) is 2. The van der Waals surface area contributed by atoms with E-state index < -0.39 is 0 Å². The Kier molecular flexibility index (Phi) is 5.25. The Hall–Kier alpha value is -1.26. The van der Waals surface area contributed by atoms with Crippen LogP contribution in [-0.4, -0.2) is 26.8 Å². The summed E-state index contributed by atoms with van der Waals surface area (Å²) in [6.45, 7) is 2.56. The Bertz CT molecular complexity index is 365. The van der Waals surface area contributed by atoms with Gasteiger partial charge in [-0.15, -0.1) is 0 Å². The molecule has 0 bridgehead atoms. The van der Waals surface area contributed by atoms with Crippen molar-refractivity contribution < 1.29 is 9.47 Å². The first-order valence-electron chi connectivity index (χ1n) is 5.81. The molecule has 0 saturated heterocycles. The van der Waals surface area contributed by atoms with E-state index in [1.807, 2.05) is 19.1 Å². The van der Waals surface area contributed by atoms with E-state index in [4.69, 9.17) is 20.9 Å². The molecule has 4 nitrogen and oxygen atoms in total. The molecule has 0 fully saturated rings. The van der Waals surface area contributed by atoms with Crippen molar-refractivity contribution in [2.45, 2.75) is 25.8 Å². The van der Waals surface area contributed by atoms with Gasteiger partial charge < -0.3 is 20.9 Å². The van der Waals surface area contributed by atoms with E-state index in [9.17, 15) is 0 Å². The molecule has 0 aliphatic carbocycles. The first kappa shape index (κ1) is 13.8. The molecule has 0 spiro atoms. The molecule has 1 unspecified atom stereocenters. The summed E-state index contributed by atoms with van der Waals surface area (Å²) in [6, 6.07) is 4.07. The molecule has 0 heterocycles. The van der Waals surface area contributed by atoms with Crippen molar-refractivity contribution in [2.24, 2.45) is 11.5 Å². The number of benzene rings is 1. The molecular weight excluding hydrogens is 216 g/mol. The largest absolute Gasteiger partial charge is 0.496 e. The highest BCUT2D eigenvalue weighted by molar-refractivity contribution is 5.47. The average molecular weight is 238 g/mol. The van der Waals surface area contributed by atoms with Crippen LogP contribution in [0.1, 0.15) is 18.1 Å². The van der Waals surface area contributed by atoms with E-state index >= 15 is 0 Å². The molecule has 4 heteroatoms. The van der Waals surface area contributed by atoms with Crippen LogP contribution >= 0.6 is 0 Å². The van der Waals surface area contributed by atoms with Gasteiger partial charge in [0.15, 0.2) is 0 Å². The van der Waals surface area contributed by atoms with E-state index in [1.165, 1.54) is 0 Å². The Morgan fingerprint density at radius 1 is 1.12 bits per heavy atom. The number of hydrogen-bond acceptors (Lipinski definition) is 4. The highest BCUT2D eigenvalue weighted by Crippen LogP contribution is 2.29. The maximum absolute atomic E-state index is 5.82. The zero-order valence-corrected chi connectivity index (χ0v) is 10.8. The molecule has 1 aromatic rings. The maximum atomic E-state index is 5.82. The summed E-state index contributed by atoms with van der Waals surface area (Å²) in [5.74, 6) is 1.71. The SMILES string of the molecule is COc1cc(CC(C)N)c(OC)cc1CCN. The number of rotatable bonds is 6. The lowest BCUT2D eigenvalue weighted by atomic mass is 10.0. The van der Waals surface area contributed by atoms with Crippen molar-refractivity contribution in [3.05, 3.63) is 23.3 Å². The van der Waals surface area contributed by atoms with E-state index in [1.54, 1.807) is 14.2 Å². The highest BCUT2D eigenvalue weighted by Gasteiger charge is 2.11.